The predicted molar refractivity (Wildman–Crippen MR) is 68.3 cm³/mol. The summed E-state index contributed by atoms with van der Waals surface area (Å²) in [5.41, 5.74) is 0.844. The fourth-order valence-corrected chi connectivity index (χ4v) is 1.84. The number of rotatable bonds is 7. The van der Waals surface area contributed by atoms with E-state index in [2.05, 4.69) is 13.2 Å². The molecule has 0 aliphatic heterocycles. The van der Waals surface area contributed by atoms with Crippen molar-refractivity contribution in [3.8, 4) is 0 Å². The van der Waals surface area contributed by atoms with Gasteiger partial charge in [0.25, 0.3) is 0 Å². The first kappa shape index (κ1) is 14.7. The molecule has 0 bridgehead atoms. The molecule has 0 aromatic heterocycles. The van der Waals surface area contributed by atoms with Gasteiger partial charge in [-0.1, -0.05) is 52.2 Å². The Bertz CT molecular complexity index is 298. The molecule has 16 heavy (non-hydrogen) atoms. The molecule has 2 heteroatoms. The molecule has 0 saturated carbocycles. The highest BCUT2D eigenvalue weighted by molar-refractivity contribution is 5.70. The summed E-state index contributed by atoms with van der Waals surface area (Å²) in [7, 11) is 0. The van der Waals surface area contributed by atoms with E-state index in [1.165, 1.54) is 0 Å². The summed E-state index contributed by atoms with van der Waals surface area (Å²) in [4.78, 5) is 11.0. The fourth-order valence-electron chi connectivity index (χ4n) is 1.84. The maximum atomic E-state index is 11.0. The van der Waals surface area contributed by atoms with Gasteiger partial charge in [-0.05, 0) is 23.8 Å². The Morgan fingerprint density at radius 1 is 1.44 bits per heavy atom. The van der Waals surface area contributed by atoms with E-state index in [1.807, 2.05) is 26.8 Å². The van der Waals surface area contributed by atoms with E-state index in [-0.39, 0.29) is 11.3 Å². The van der Waals surface area contributed by atoms with Crippen molar-refractivity contribution in [2.45, 2.75) is 33.6 Å². The smallest absolute Gasteiger partial charge is 0.306 e. The first-order chi connectivity index (χ1) is 7.38. The van der Waals surface area contributed by atoms with Gasteiger partial charge in [-0.3, -0.25) is 4.79 Å². The van der Waals surface area contributed by atoms with Crippen LogP contribution in [0.2, 0.25) is 0 Å². The van der Waals surface area contributed by atoms with Crippen LogP contribution in [0, 0.1) is 11.3 Å². The van der Waals surface area contributed by atoms with E-state index in [0.717, 1.165) is 5.57 Å². The molecule has 0 fully saturated rings. The van der Waals surface area contributed by atoms with Crippen LogP contribution in [0.4, 0.5) is 0 Å². The van der Waals surface area contributed by atoms with E-state index in [4.69, 9.17) is 5.11 Å². The average Bonchev–Trinajstić information content (AvgIpc) is 2.21. The molecule has 1 N–H and O–H groups in total. The van der Waals surface area contributed by atoms with E-state index < -0.39 is 5.97 Å². The Balaban J connectivity index is 4.90. The monoisotopic (exact) mass is 222 g/mol. The van der Waals surface area contributed by atoms with Crippen LogP contribution < -0.4 is 0 Å². The van der Waals surface area contributed by atoms with E-state index in [9.17, 15) is 4.79 Å². The van der Waals surface area contributed by atoms with E-state index in [0.29, 0.717) is 12.8 Å². The van der Waals surface area contributed by atoms with Gasteiger partial charge in [-0.2, -0.15) is 0 Å². The summed E-state index contributed by atoms with van der Waals surface area (Å²) in [5.74, 6) is -1.03. The topological polar surface area (TPSA) is 37.3 Å². The van der Waals surface area contributed by atoms with Crippen LogP contribution in [0.15, 0.2) is 37.0 Å². The lowest BCUT2D eigenvalue weighted by Gasteiger charge is -2.29. The number of hydrogen-bond donors (Lipinski definition) is 1. The second-order valence-electron chi connectivity index (χ2n) is 4.59. The SMILES string of the molecule is C=C/C=C(\C=C)C(C)(C)CC(CC)C(=O)O. The molecule has 0 aromatic carbocycles. The molecule has 0 saturated heterocycles. The summed E-state index contributed by atoms with van der Waals surface area (Å²) in [5, 5.41) is 9.06. The van der Waals surface area contributed by atoms with Gasteiger partial charge in [0.15, 0.2) is 0 Å². The molecule has 0 spiro atoms. The lowest BCUT2D eigenvalue weighted by Crippen LogP contribution is -2.23. The minimum atomic E-state index is -0.724. The van der Waals surface area contributed by atoms with Crippen molar-refractivity contribution in [2.24, 2.45) is 11.3 Å². The fraction of sp³-hybridized carbons (Fsp3) is 0.500. The van der Waals surface area contributed by atoms with Crippen LogP contribution in [0.1, 0.15) is 33.6 Å². The summed E-state index contributed by atoms with van der Waals surface area (Å²) >= 11 is 0. The number of allylic oxidation sites excluding steroid dienone is 4. The van der Waals surface area contributed by atoms with Crippen molar-refractivity contribution < 1.29 is 9.90 Å². The molecule has 0 aliphatic carbocycles. The van der Waals surface area contributed by atoms with Gasteiger partial charge < -0.3 is 5.11 Å². The van der Waals surface area contributed by atoms with Crippen LogP contribution in [0.25, 0.3) is 0 Å². The Kier molecular flexibility index (Phi) is 5.79. The molecule has 1 unspecified atom stereocenters. The minimum Gasteiger partial charge on any atom is -0.481 e. The highest BCUT2D eigenvalue weighted by Crippen LogP contribution is 2.35. The number of carbonyl (C=O) groups is 1. The number of hydrogen-bond acceptors (Lipinski definition) is 1. The molecular formula is C14H22O2. The molecular weight excluding hydrogens is 200 g/mol. The number of carboxylic acid groups (broad SMARTS) is 1. The van der Waals surface area contributed by atoms with Gasteiger partial charge in [0, 0.05) is 0 Å². The van der Waals surface area contributed by atoms with Crippen LogP contribution in [0.3, 0.4) is 0 Å². The van der Waals surface area contributed by atoms with Crippen molar-refractivity contribution in [1.29, 1.82) is 0 Å². The lowest BCUT2D eigenvalue weighted by molar-refractivity contribution is -0.142. The zero-order valence-corrected chi connectivity index (χ0v) is 10.5. The number of carboxylic acids is 1. The van der Waals surface area contributed by atoms with Gasteiger partial charge in [0.2, 0.25) is 0 Å². The molecule has 0 rings (SSSR count). The van der Waals surface area contributed by atoms with Crippen molar-refractivity contribution in [2.75, 3.05) is 0 Å². The lowest BCUT2D eigenvalue weighted by atomic mass is 9.75. The zero-order chi connectivity index (χ0) is 12.8. The highest BCUT2D eigenvalue weighted by Gasteiger charge is 2.28. The summed E-state index contributed by atoms with van der Waals surface area (Å²) in [6, 6.07) is 0. The van der Waals surface area contributed by atoms with Crippen LogP contribution in [-0.2, 0) is 4.79 Å². The van der Waals surface area contributed by atoms with Crippen molar-refractivity contribution >= 4 is 5.97 Å². The quantitative estimate of drug-likeness (QED) is 0.665. The van der Waals surface area contributed by atoms with Gasteiger partial charge in [-0.25, -0.2) is 0 Å². The van der Waals surface area contributed by atoms with Crippen molar-refractivity contribution in [3.63, 3.8) is 0 Å². The Morgan fingerprint density at radius 2 is 2.00 bits per heavy atom. The van der Waals surface area contributed by atoms with E-state index >= 15 is 0 Å². The molecule has 1 atom stereocenters. The molecule has 0 aliphatic rings. The second kappa shape index (κ2) is 6.31. The Morgan fingerprint density at radius 3 is 2.31 bits per heavy atom. The first-order valence-electron chi connectivity index (χ1n) is 5.57. The molecule has 0 heterocycles. The Hall–Kier alpha value is -1.31. The average molecular weight is 222 g/mol. The predicted octanol–water partition coefficient (Wildman–Crippen LogP) is 3.81. The minimum absolute atomic E-state index is 0.186. The maximum Gasteiger partial charge on any atom is 0.306 e. The number of aliphatic carboxylic acids is 1. The summed E-state index contributed by atoms with van der Waals surface area (Å²) < 4.78 is 0. The molecule has 0 radical (unpaired) electrons. The van der Waals surface area contributed by atoms with Crippen LogP contribution >= 0.6 is 0 Å². The third kappa shape index (κ3) is 4.05. The third-order valence-corrected chi connectivity index (χ3v) is 2.90. The van der Waals surface area contributed by atoms with Gasteiger partial charge in [-0.15, -0.1) is 0 Å². The largest absolute Gasteiger partial charge is 0.481 e. The summed E-state index contributed by atoms with van der Waals surface area (Å²) in [6.07, 6.45) is 6.64. The standard InChI is InChI=1S/C14H22O2/c1-6-9-12(8-3)14(4,5)10-11(7-2)13(15)16/h6,8-9,11H,1,3,7,10H2,2,4-5H3,(H,15,16)/b12-9+. The van der Waals surface area contributed by atoms with Crippen LogP contribution in [-0.4, -0.2) is 11.1 Å². The van der Waals surface area contributed by atoms with Crippen LogP contribution in [0.5, 0.6) is 0 Å². The second-order valence-corrected chi connectivity index (χ2v) is 4.59. The zero-order valence-electron chi connectivity index (χ0n) is 10.5. The van der Waals surface area contributed by atoms with Crippen molar-refractivity contribution in [3.05, 3.63) is 37.0 Å². The molecule has 0 aromatic rings. The van der Waals surface area contributed by atoms with Gasteiger partial charge in [0.05, 0.1) is 5.92 Å². The normalized spacial score (nSPS) is 14.3. The van der Waals surface area contributed by atoms with Crippen molar-refractivity contribution in [1.82, 2.24) is 0 Å². The van der Waals surface area contributed by atoms with E-state index in [1.54, 1.807) is 12.2 Å². The highest BCUT2D eigenvalue weighted by atomic mass is 16.4. The maximum absolute atomic E-state index is 11.0. The third-order valence-electron chi connectivity index (χ3n) is 2.90. The molecule has 90 valence electrons. The first-order valence-corrected chi connectivity index (χ1v) is 5.57. The molecule has 2 nitrogen and oxygen atoms in total. The summed E-state index contributed by atoms with van der Waals surface area (Å²) in [6.45, 7) is 13.4. The van der Waals surface area contributed by atoms with Gasteiger partial charge in [0.1, 0.15) is 0 Å². The molecule has 0 amide bonds. The Labute approximate surface area is 98.4 Å². The van der Waals surface area contributed by atoms with Gasteiger partial charge >= 0.3 is 5.97 Å².